The minimum absolute atomic E-state index is 0.194. The van der Waals surface area contributed by atoms with Crippen molar-refractivity contribution >= 4 is 23.6 Å². The molecule has 2 aromatic rings. The topological polar surface area (TPSA) is 73.9 Å². The van der Waals surface area contributed by atoms with Gasteiger partial charge in [0.25, 0.3) is 5.91 Å². The van der Waals surface area contributed by atoms with Crippen LogP contribution in [0.1, 0.15) is 16.7 Å². The molecule has 0 fully saturated rings. The Morgan fingerprint density at radius 2 is 1.85 bits per heavy atom. The second-order valence-electron chi connectivity index (χ2n) is 5.87. The first-order valence-corrected chi connectivity index (χ1v) is 8.13. The van der Waals surface area contributed by atoms with Gasteiger partial charge < -0.3 is 19.5 Å². The number of nitrogens with one attached hydrogen (secondary N) is 1. The molecule has 0 bridgehead atoms. The third kappa shape index (κ3) is 4.22. The van der Waals surface area contributed by atoms with Gasteiger partial charge in [0.15, 0.2) is 18.1 Å². The third-order valence-electron chi connectivity index (χ3n) is 3.90. The Morgan fingerprint density at radius 1 is 1.12 bits per heavy atom. The van der Waals surface area contributed by atoms with Gasteiger partial charge in [-0.05, 0) is 48.7 Å². The first-order chi connectivity index (χ1) is 12.5. The van der Waals surface area contributed by atoms with Crippen LogP contribution in [0, 0.1) is 13.8 Å². The maximum atomic E-state index is 12.0. The maximum absolute atomic E-state index is 12.0. The second kappa shape index (κ2) is 7.74. The van der Waals surface area contributed by atoms with E-state index >= 15 is 0 Å². The van der Waals surface area contributed by atoms with Crippen LogP contribution in [0.2, 0.25) is 0 Å². The lowest BCUT2D eigenvalue weighted by atomic mass is 10.1. The maximum Gasteiger partial charge on any atom is 0.331 e. The van der Waals surface area contributed by atoms with E-state index in [1.165, 1.54) is 6.08 Å². The molecule has 0 aromatic heterocycles. The quantitative estimate of drug-likeness (QED) is 0.660. The van der Waals surface area contributed by atoms with Crippen LogP contribution in [0.4, 0.5) is 5.69 Å². The highest BCUT2D eigenvalue weighted by Gasteiger charge is 2.13. The Hall–Kier alpha value is -3.28. The van der Waals surface area contributed by atoms with Gasteiger partial charge in [-0.25, -0.2) is 4.79 Å². The number of carbonyl (C=O) groups is 2. The van der Waals surface area contributed by atoms with Crippen LogP contribution in [-0.2, 0) is 14.3 Å². The van der Waals surface area contributed by atoms with E-state index in [0.29, 0.717) is 11.5 Å². The van der Waals surface area contributed by atoms with Crippen molar-refractivity contribution in [1.82, 2.24) is 0 Å². The van der Waals surface area contributed by atoms with Gasteiger partial charge in [0.05, 0.1) is 0 Å². The van der Waals surface area contributed by atoms with Gasteiger partial charge in [0.2, 0.25) is 6.79 Å². The number of hydrogen-bond acceptors (Lipinski definition) is 5. The SMILES string of the molecule is Cc1cccc(C)c1NC(=O)COC(=O)C=Cc1ccc2c(c1)OCO2. The van der Waals surface area contributed by atoms with Crippen molar-refractivity contribution in [3.8, 4) is 11.5 Å². The van der Waals surface area contributed by atoms with Crippen molar-refractivity contribution in [2.75, 3.05) is 18.7 Å². The second-order valence-corrected chi connectivity index (χ2v) is 5.87. The van der Waals surface area contributed by atoms with Gasteiger partial charge in [-0.3, -0.25) is 4.79 Å². The smallest absolute Gasteiger partial charge is 0.331 e. The standard InChI is InChI=1S/C20H19NO5/c1-13-4-3-5-14(2)20(13)21-18(22)11-24-19(23)9-7-15-6-8-16-17(10-15)26-12-25-16/h3-10H,11-12H2,1-2H3,(H,21,22). The molecule has 1 heterocycles. The summed E-state index contributed by atoms with van der Waals surface area (Å²) in [6.45, 7) is 3.66. The average molecular weight is 353 g/mol. The molecule has 26 heavy (non-hydrogen) atoms. The van der Waals surface area contributed by atoms with Gasteiger partial charge in [0, 0.05) is 11.8 Å². The Morgan fingerprint density at radius 3 is 2.62 bits per heavy atom. The number of fused-ring (bicyclic) bond motifs is 1. The van der Waals surface area contributed by atoms with Crippen molar-refractivity contribution in [3.05, 3.63) is 59.2 Å². The summed E-state index contributed by atoms with van der Waals surface area (Å²) in [5.74, 6) is 0.327. The zero-order valence-corrected chi connectivity index (χ0v) is 14.6. The van der Waals surface area contributed by atoms with Crippen LogP contribution in [0.3, 0.4) is 0 Å². The highest BCUT2D eigenvalue weighted by Crippen LogP contribution is 2.32. The lowest BCUT2D eigenvalue weighted by Crippen LogP contribution is -2.21. The zero-order valence-electron chi connectivity index (χ0n) is 14.6. The van der Waals surface area contributed by atoms with E-state index in [1.807, 2.05) is 32.0 Å². The zero-order chi connectivity index (χ0) is 18.5. The average Bonchev–Trinajstić information content (AvgIpc) is 3.09. The highest BCUT2D eigenvalue weighted by molar-refractivity contribution is 5.95. The Kier molecular flexibility index (Phi) is 5.22. The molecule has 6 nitrogen and oxygen atoms in total. The van der Waals surface area contributed by atoms with Crippen molar-refractivity contribution < 1.29 is 23.8 Å². The number of para-hydroxylation sites is 1. The number of esters is 1. The molecule has 0 unspecified atom stereocenters. The van der Waals surface area contributed by atoms with E-state index in [4.69, 9.17) is 14.2 Å². The van der Waals surface area contributed by atoms with Crippen molar-refractivity contribution in [2.45, 2.75) is 13.8 Å². The van der Waals surface area contributed by atoms with E-state index < -0.39 is 5.97 Å². The molecule has 1 aliphatic heterocycles. The Labute approximate surface area is 151 Å². The predicted molar refractivity (Wildman–Crippen MR) is 97.1 cm³/mol. The lowest BCUT2D eigenvalue weighted by molar-refractivity contribution is -0.142. The normalized spacial score (nSPS) is 12.2. The van der Waals surface area contributed by atoms with Gasteiger partial charge in [0.1, 0.15) is 0 Å². The number of hydrogen-bond donors (Lipinski definition) is 1. The number of carbonyl (C=O) groups excluding carboxylic acids is 2. The third-order valence-corrected chi connectivity index (χ3v) is 3.90. The van der Waals surface area contributed by atoms with Crippen LogP contribution in [0.15, 0.2) is 42.5 Å². The van der Waals surface area contributed by atoms with E-state index in [2.05, 4.69) is 5.32 Å². The van der Waals surface area contributed by atoms with E-state index in [0.717, 1.165) is 22.4 Å². The van der Waals surface area contributed by atoms with E-state index in [-0.39, 0.29) is 19.3 Å². The molecular formula is C20H19NO5. The summed E-state index contributed by atoms with van der Waals surface area (Å²) >= 11 is 0. The fourth-order valence-corrected chi connectivity index (χ4v) is 2.55. The molecular weight excluding hydrogens is 334 g/mol. The molecule has 3 rings (SSSR count). The van der Waals surface area contributed by atoms with Gasteiger partial charge in [-0.15, -0.1) is 0 Å². The number of anilines is 1. The highest BCUT2D eigenvalue weighted by atomic mass is 16.7. The summed E-state index contributed by atoms with van der Waals surface area (Å²) in [5, 5.41) is 2.77. The molecule has 2 aromatic carbocycles. The monoisotopic (exact) mass is 353 g/mol. The van der Waals surface area contributed by atoms with Gasteiger partial charge in [-0.1, -0.05) is 24.3 Å². The van der Waals surface area contributed by atoms with Gasteiger partial charge >= 0.3 is 5.97 Å². The molecule has 0 radical (unpaired) electrons. The lowest BCUT2D eigenvalue weighted by Gasteiger charge is -2.11. The molecule has 134 valence electrons. The van der Waals surface area contributed by atoms with Crippen molar-refractivity contribution in [1.29, 1.82) is 0 Å². The predicted octanol–water partition coefficient (Wildman–Crippen LogP) is 3.23. The first-order valence-electron chi connectivity index (χ1n) is 8.13. The fraction of sp³-hybridized carbons (Fsp3) is 0.200. The van der Waals surface area contributed by atoms with Crippen LogP contribution in [0.5, 0.6) is 11.5 Å². The number of amides is 1. The largest absolute Gasteiger partial charge is 0.454 e. The summed E-state index contributed by atoms with van der Waals surface area (Å²) in [5.41, 5.74) is 3.41. The molecule has 1 aliphatic rings. The van der Waals surface area contributed by atoms with Crippen molar-refractivity contribution in [2.24, 2.45) is 0 Å². The summed E-state index contributed by atoms with van der Waals surface area (Å²) in [6, 6.07) is 11.1. The molecule has 0 saturated heterocycles. The number of aryl methyl sites for hydroxylation is 2. The number of rotatable bonds is 5. The minimum Gasteiger partial charge on any atom is -0.454 e. The molecule has 0 aliphatic carbocycles. The van der Waals surface area contributed by atoms with Crippen LogP contribution < -0.4 is 14.8 Å². The molecule has 6 heteroatoms. The molecule has 0 saturated carbocycles. The molecule has 1 N–H and O–H groups in total. The van der Waals surface area contributed by atoms with E-state index in [9.17, 15) is 9.59 Å². The Bertz CT molecular complexity index is 852. The molecule has 1 amide bonds. The summed E-state index contributed by atoms with van der Waals surface area (Å²) in [4.78, 5) is 23.8. The fourth-order valence-electron chi connectivity index (χ4n) is 2.55. The van der Waals surface area contributed by atoms with Crippen LogP contribution >= 0.6 is 0 Å². The molecule has 0 atom stereocenters. The Balaban J connectivity index is 1.51. The first kappa shape index (κ1) is 17.5. The summed E-state index contributed by atoms with van der Waals surface area (Å²) in [7, 11) is 0. The van der Waals surface area contributed by atoms with Crippen LogP contribution in [-0.4, -0.2) is 25.3 Å². The van der Waals surface area contributed by atoms with Crippen LogP contribution in [0.25, 0.3) is 6.08 Å². The summed E-state index contributed by atoms with van der Waals surface area (Å²) in [6.07, 6.45) is 2.86. The van der Waals surface area contributed by atoms with Crippen molar-refractivity contribution in [3.63, 3.8) is 0 Å². The summed E-state index contributed by atoms with van der Waals surface area (Å²) < 4.78 is 15.5. The minimum atomic E-state index is -0.598. The number of ether oxygens (including phenoxy) is 3. The molecule has 0 spiro atoms. The van der Waals surface area contributed by atoms with Gasteiger partial charge in [-0.2, -0.15) is 0 Å². The number of benzene rings is 2. The van der Waals surface area contributed by atoms with E-state index in [1.54, 1.807) is 24.3 Å².